The monoisotopic (exact) mass is 269 g/mol. The van der Waals surface area contributed by atoms with Gasteiger partial charge in [0, 0.05) is 6.04 Å². The number of fused-ring (bicyclic) bond motifs is 1. The summed E-state index contributed by atoms with van der Waals surface area (Å²) in [5.74, 6) is -0.161. The van der Waals surface area contributed by atoms with Crippen molar-refractivity contribution in [2.75, 3.05) is 13.2 Å². The average Bonchev–Trinajstić information content (AvgIpc) is 2.36. The van der Waals surface area contributed by atoms with E-state index in [1.54, 1.807) is 0 Å². The molecule has 1 N–H and O–H groups in total. The molecule has 0 saturated heterocycles. The van der Waals surface area contributed by atoms with Crippen LogP contribution in [0.15, 0.2) is 24.3 Å². The van der Waals surface area contributed by atoms with Crippen LogP contribution in [-0.2, 0) is 22.4 Å². The number of aryl methyl sites for hydroxylation is 1. The zero-order valence-corrected chi connectivity index (χ0v) is 11.5. The lowest BCUT2D eigenvalue weighted by Crippen LogP contribution is -2.38. The number of rotatable bonds is 4. The minimum atomic E-state index is -0.161. The summed E-state index contributed by atoms with van der Waals surface area (Å²) in [7, 11) is 0. The van der Waals surface area contributed by atoms with Crippen LogP contribution in [0.1, 0.15) is 24.5 Å². The maximum atomic E-state index is 11.2. The first kappa shape index (κ1) is 15.0. The molecule has 0 spiro atoms. The van der Waals surface area contributed by atoms with Crippen LogP contribution < -0.4 is 5.32 Å². The maximum Gasteiger partial charge on any atom is 0.319 e. The highest BCUT2D eigenvalue weighted by molar-refractivity contribution is 5.85. The SMILES string of the molecule is CCOC(=O)CNC1CCc2ccccc2C1.Cl. The highest BCUT2D eigenvalue weighted by atomic mass is 35.5. The number of carbonyl (C=O) groups excluding carboxylic acids is 1. The van der Waals surface area contributed by atoms with Crippen LogP contribution in [-0.4, -0.2) is 25.2 Å². The van der Waals surface area contributed by atoms with E-state index in [1.807, 2.05) is 6.92 Å². The van der Waals surface area contributed by atoms with Gasteiger partial charge in [0.1, 0.15) is 0 Å². The van der Waals surface area contributed by atoms with Crippen molar-refractivity contribution in [2.24, 2.45) is 0 Å². The summed E-state index contributed by atoms with van der Waals surface area (Å²) in [6.07, 6.45) is 3.20. The zero-order chi connectivity index (χ0) is 12.1. The summed E-state index contributed by atoms with van der Waals surface area (Å²) < 4.78 is 4.90. The van der Waals surface area contributed by atoms with Crippen LogP contribution in [0.2, 0.25) is 0 Å². The van der Waals surface area contributed by atoms with Crippen molar-refractivity contribution < 1.29 is 9.53 Å². The maximum absolute atomic E-state index is 11.2. The lowest BCUT2D eigenvalue weighted by atomic mass is 9.88. The topological polar surface area (TPSA) is 38.3 Å². The molecule has 2 rings (SSSR count). The largest absolute Gasteiger partial charge is 0.465 e. The molecule has 0 saturated carbocycles. The van der Waals surface area contributed by atoms with Crippen LogP contribution in [0.5, 0.6) is 0 Å². The van der Waals surface area contributed by atoms with Gasteiger partial charge in [-0.1, -0.05) is 24.3 Å². The van der Waals surface area contributed by atoms with Crippen molar-refractivity contribution in [3.8, 4) is 0 Å². The quantitative estimate of drug-likeness (QED) is 0.851. The molecule has 0 bridgehead atoms. The summed E-state index contributed by atoms with van der Waals surface area (Å²) in [6.45, 7) is 2.60. The standard InChI is InChI=1S/C14H19NO2.ClH/c1-2-17-14(16)10-15-13-8-7-11-5-3-4-6-12(11)9-13;/h3-6,13,15H,2,7-10H2,1H3;1H. The van der Waals surface area contributed by atoms with Gasteiger partial charge in [-0.15, -0.1) is 12.4 Å². The smallest absolute Gasteiger partial charge is 0.319 e. The minimum Gasteiger partial charge on any atom is -0.465 e. The Morgan fingerprint density at radius 1 is 1.39 bits per heavy atom. The lowest BCUT2D eigenvalue weighted by molar-refractivity contribution is -0.142. The van der Waals surface area contributed by atoms with Crippen LogP contribution in [0.25, 0.3) is 0 Å². The Labute approximate surface area is 114 Å². The van der Waals surface area contributed by atoms with Crippen LogP contribution >= 0.6 is 12.4 Å². The van der Waals surface area contributed by atoms with E-state index in [0.717, 1.165) is 19.3 Å². The van der Waals surface area contributed by atoms with Gasteiger partial charge in [-0.2, -0.15) is 0 Å². The fourth-order valence-corrected chi connectivity index (χ4v) is 2.31. The molecule has 4 heteroatoms. The summed E-state index contributed by atoms with van der Waals surface area (Å²) in [5, 5.41) is 3.27. The Morgan fingerprint density at radius 3 is 2.83 bits per heavy atom. The molecule has 18 heavy (non-hydrogen) atoms. The molecule has 100 valence electrons. The molecule has 1 aromatic rings. The predicted octanol–water partition coefficient (Wildman–Crippen LogP) is 2.12. The van der Waals surface area contributed by atoms with Crippen molar-refractivity contribution >= 4 is 18.4 Å². The van der Waals surface area contributed by atoms with Gasteiger partial charge in [-0.25, -0.2) is 0 Å². The molecule has 0 amide bonds. The number of nitrogens with one attached hydrogen (secondary N) is 1. The van der Waals surface area contributed by atoms with Gasteiger partial charge in [-0.05, 0) is 37.3 Å². The van der Waals surface area contributed by atoms with Crippen LogP contribution in [0, 0.1) is 0 Å². The molecule has 1 atom stereocenters. The number of halogens is 1. The van der Waals surface area contributed by atoms with Crippen LogP contribution in [0.3, 0.4) is 0 Å². The van der Waals surface area contributed by atoms with Crippen molar-refractivity contribution in [3.05, 3.63) is 35.4 Å². The van der Waals surface area contributed by atoms with Gasteiger partial charge in [0.05, 0.1) is 13.2 Å². The van der Waals surface area contributed by atoms with Crippen molar-refractivity contribution in [2.45, 2.75) is 32.2 Å². The Kier molecular flexibility index (Phi) is 6.16. The van der Waals surface area contributed by atoms with E-state index in [4.69, 9.17) is 4.74 Å². The fraction of sp³-hybridized carbons (Fsp3) is 0.500. The van der Waals surface area contributed by atoms with Gasteiger partial charge in [0.25, 0.3) is 0 Å². The molecular weight excluding hydrogens is 250 g/mol. The summed E-state index contributed by atoms with van der Waals surface area (Å²) in [5.41, 5.74) is 2.85. The molecule has 1 aliphatic rings. The van der Waals surface area contributed by atoms with Gasteiger partial charge >= 0.3 is 5.97 Å². The van der Waals surface area contributed by atoms with Gasteiger partial charge in [0.2, 0.25) is 0 Å². The van der Waals surface area contributed by atoms with E-state index >= 15 is 0 Å². The Morgan fingerprint density at radius 2 is 2.11 bits per heavy atom. The van der Waals surface area contributed by atoms with Gasteiger partial charge in [0.15, 0.2) is 0 Å². The third-order valence-electron chi connectivity index (χ3n) is 3.19. The van der Waals surface area contributed by atoms with E-state index in [0.29, 0.717) is 19.2 Å². The fourth-order valence-electron chi connectivity index (χ4n) is 2.31. The third kappa shape index (κ3) is 4.00. The number of benzene rings is 1. The Bertz CT molecular complexity index is 395. The van der Waals surface area contributed by atoms with E-state index in [9.17, 15) is 4.79 Å². The first-order chi connectivity index (χ1) is 8.29. The summed E-state index contributed by atoms with van der Waals surface area (Å²) in [4.78, 5) is 11.2. The number of hydrogen-bond donors (Lipinski definition) is 1. The first-order valence-corrected chi connectivity index (χ1v) is 6.25. The molecule has 1 unspecified atom stereocenters. The van der Waals surface area contributed by atoms with Crippen molar-refractivity contribution in [3.63, 3.8) is 0 Å². The second kappa shape index (κ2) is 7.39. The molecule has 1 aliphatic carbocycles. The predicted molar refractivity (Wildman–Crippen MR) is 74.1 cm³/mol. The second-order valence-electron chi connectivity index (χ2n) is 4.39. The molecule has 0 aliphatic heterocycles. The second-order valence-corrected chi connectivity index (χ2v) is 4.39. The van der Waals surface area contributed by atoms with E-state index < -0.39 is 0 Å². The van der Waals surface area contributed by atoms with E-state index in [1.165, 1.54) is 11.1 Å². The lowest BCUT2D eigenvalue weighted by Gasteiger charge is -2.25. The average molecular weight is 270 g/mol. The number of hydrogen-bond acceptors (Lipinski definition) is 3. The molecule has 3 nitrogen and oxygen atoms in total. The summed E-state index contributed by atoms with van der Waals surface area (Å²) >= 11 is 0. The number of ether oxygens (including phenoxy) is 1. The number of carbonyl (C=O) groups is 1. The Balaban J connectivity index is 0.00000162. The third-order valence-corrected chi connectivity index (χ3v) is 3.19. The number of esters is 1. The van der Waals surface area contributed by atoms with Gasteiger partial charge < -0.3 is 10.1 Å². The highest BCUT2D eigenvalue weighted by Crippen LogP contribution is 2.20. The van der Waals surface area contributed by atoms with E-state index in [2.05, 4.69) is 29.6 Å². The van der Waals surface area contributed by atoms with Crippen molar-refractivity contribution in [1.82, 2.24) is 5.32 Å². The molecule has 1 aromatic carbocycles. The molecule has 0 heterocycles. The molecule has 0 radical (unpaired) electrons. The van der Waals surface area contributed by atoms with Crippen molar-refractivity contribution in [1.29, 1.82) is 0 Å². The van der Waals surface area contributed by atoms with Gasteiger partial charge in [-0.3, -0.25) is 4.79 Å². The normalized spacial score (nSPS) is 17.5. The molecule has 0 fully saturated rings. The minimum absolute atomic E-state index is 0. The van der Waals surface area contributed by atoms with E-state index in [-0.39, 0.29) is 18.4 Å². The summed E-state index contributed by atoms with van der Waals surface area (Å²) in [6, 6.07) is 8.93. The zero-order valence-electron chi connectivity index (χ0n) is 10.6. The molecule has 0 aromatic heterocycles. The Hall–Kier alpha value is -1.06. The highest BCUT2D eigenvalue weighted by Gasteiger charge is 2.18. The first-order valence-electron chi connectivity index (χ1n) is 6.25. The molecular formula is C14H20ClNO2. The van der Waals surface area contributed by atoms with Crippen LogP contribution in [0.4, 0.5) is 0 Å².